The lowest BCUT2D eigenvalue weighted by Gasteiger charge is -2.18. The second kappa shape index (κ2) is 6.36. The number of nitrogens with one attached hydrogen (secondary N) is 1. The first-order chi connectivity index (χ1) is 8.37. The second-order valence-electron chi connectivity index (χ2n) is 5.25. The second-order valence-corrected chi connectivity index (χ2v) is 5.81. The van der Waals surface area contributed by atoms with E-state index in [1.54, 1.807) is 0 Å². The Morgan fingerprint density at radius 1 is 1.44 bits per heavy atom. The molecule has 0 aromatic carbocycles. The molecular formula is C13H21BrN2O2. The van der Waals surface area contributed by atoms with Crippen LogP contribution in [0.3, 0.4) is 0 Å². The molecule has 1 N–H and O–H groups in total. The molecule has 0 atom stereocenters. The number of aryl methyl sites for hydroxylation is 1. The fourth-order valence-corrected chi connectivity index (χ4v) is 1.92. The van der Waals surface area contributed by atoms with Gasteiger partial charge in [0.15, 0.2) is 5.69 Å². The van der Waals surface area contributed by atoms with Crippen molar-refractivity contribution in [3.05, 3.63) is 17.2 Å². The third kappa shape index (κ3) is 4.44. The van der Waals surface area contributed by atoms with Crippen LogP contribution in [0.25, 0.3) is 0 Å². The van der Waals surface area contributed by atoms with Crippen LogP contribution < -0.4 is 0 Å². The van der Waals surface area contributed by atoms with Crippen molar-refractivity contribution in [2.24, 2.45) is 0 Å². The Balaban J connectivity index is 2.86. The first-order valence-corrected chi connectivity index (χ1v) is 7.36. The Morgan fingerprint density at radius 2 is 2.11 bits per heavy atom. The number of rotatable bonds is 5. The molecule has 0 saturated heterocycles. The molecule has 0 aliphatic carbocycles. The zero-order chi connectivity index (χ0) is 13.8. The van der Waals surface area contributed by atoms with Crippen LogP contribution >= 0.6 is 15.9 Å². The highest BCUT2D eigenvalue weighted by Gasteiger charge is 2.23. The number of ether oxygens (including phenoxy) is 1. The topological polar surface area (TPSA) is 55.0 Å². The average Bonchev–Trinajstić information content (AvgIpc) is 2.67. The SMILES string of the molecule is CCCCc1nc(C(=O)OC(C)(C)C)c(CBr)[nH]1. The van der Waals surface area contributed by atoms with Crippen molar-refractivity contribution in [2.45, 2.75) is 57.9 Å². The van der Waals surface area contributed by atoms with Gasteiger partial charge in [0.1, 0.15) is 11.4 Å². The monoisotopic (exact) mass is 316 g/mol. The summed E-state index contributed by atoms with van der Waals surface area (Å²) in [7, 11) is 0. The summed E-state index contributed by atoms with van der Waals surface area (Å²) in [5.41, 5.74) is 0.687. The summed E-state index contributed by atoms with van der Waals surface area (Å²) >= 11 is 3.36. The lowest BCUT2D eigenvalue weighted by molar-refractivity contribution is 0.00624. The number of unbranched alkanes of at least 4 members (excludes halogenated alkanes) is 1. The van der Waals surface area contributed by atoms with Gasteiger partial charge >= 0.3 is 5.97 Å². The van der Waals surface area contributed by atoms with E-state index < -0.39 is 5.60 Å². The minimum absolute atomic E-state index is 0.365. The molecule has 1 aromatic heterocycles. The van der Waals surface area contributed by atoms with E-state index >= 15 is 0 Å². The van der Waals surface area contributed by atoms with Gasteiger partial charge in [-0.2, -0.15) is 0 Å². The number of carbonyl (C=O) groups is 1. The highest BCUT2D eigenvalue weighted by Crippen LogP contribution is 2.17. The van der Waals surface area contributed by atoms with Crippen molar-refractivity contribution in [3.8, 4) is 0 Å². The zero-order valence-electron chi connectivity index (χ0n) is 11.5. The van der Waals surface area contributed by atoms with Crippen molar-refractivity contribution < 1.29 is 9.53 Å². The maximum Gasteiger partial charge on any atom is 0.359 e. The summed E-state index contributed by atoms with van der Waals surface area (Å²) < 4.78 is 5.34. The molecule has 0 bridgehead atoms. The van der Waals surface area contributed by atoms with Crippen LogP contribution in [-0.4, -0.2) is 21.5 Å². The number of hydrogen-bond donors (Lipinski definition) is 1. The Hall–Kier alpha value is -0.840. The van der Waals surface area contributed by atoms with Crippen LogP contribution in [0.15, 0.2) is 0 Å². The van der Waals surface area contributed by atoms with Gasteiger partial charge in [-0.3, -0.25) is 0 Å². The Labute approximate surface area is 117 Å². The van der Waals surface area contributed by atoms with E-state index in [0.29, 0.717) is 11.0 Å². The highest BCUT2D eigenvalue weighted by atomic mass is 79.9. The summed E-state index contributed by atoms with van der Waals surface area (Å²) in [6.45, 7) is 7.68. The van der Waals surface area contributed by atoms with Gasteiger partial charge in [0.2, 0.25) is 0 Å². The molecule has 5 heteroatoms. The number of aromatic nitrogens is 2. The summed E-state index contributed by atoms with van der Waals surface area (Å²) in [5, 5.41) is 0.570. The minimum atomic E-state index is -0.497. The summed E-state index contributed by atoms with van der Waals surface area (Å²) in [6.07, 6.45) is 3.02. The molecule has 0 spiro atoms. The average molecular weight is 317 g/mol. The maximum absolute atomic E-state index is 12.0. The first kappa shape index (κ1) is 15.2. The van der Waals surface area contributed by atoms with Crippen LogP contribution in [0.1, 0.15) is 62.5 Å². The first-order valence-electron chi connectivity index (χ1n) is 6.24. The molecule has 1 rings (SSSR count). The predicted octanol–water partition coefficient (Wildman–Crippen LogP) is 3.60. The number of aromatic amines is 1. The van der Waals surface area contributed by atoms with E-state index in [9.17, 15) is 4.79 Å². The fourth-order valence-electron chi connectivity index (χ4n) is 1.52. The minimum Gasteiger partial charge on any atom is -0.455 e. The smallest absolute Gasteiger partial charge is 0.359 e. The molecule has 102 valence electrons. The number of hydrogen-bond acceptors (Lipinski definition) is 3. The molecule has 1 aromatic rings. The molecule has 0 unspecified atom stereocenters. The number of imidazole rings is 1. The van der Waals surface area contributed by atoms with Crippen molar-refractivity contribution in [3.63, 3.8) is 0 Å². The van der Waals surface area contributed by atoms with Gasteiger partial charge in [0, 0.05) is 11.8 Å². The van der Waals surface area contributed by atoms with E-state index in [0.717, 1.165) is 30.8 Å². The van der Waals surface area contributed by atoms with Crippen LogP contribution in [0.5, 0.6) is 0 Å². The molecular weight excluding hydrogens is 296 g/mol. The lowest BCUT2D eigenvalue weighted by atomic mass is 10.2. The standard InChI is InChI=1S/C13H21BrN2O2/c1-5-6-7-10-15-9(8-14)11(16-10)12(17)18-13(2,3)4/h5-8H2,1-4H3,(H,15,16). The predicted molar refractivity (Wildman–Crippen MR) is 75.0 cm³/mol. The van der Waals surface area contributed by atoms with Crippen LogP contribution in [0, 0.1) is 0 Å². The Bertz CT molecular complexity index is 408. The van der Waals surface area contributed by atoms with E-state index in [-0.39, 0.29) is 5.97 Å². The van der Waals surface area contributed by atoms with Crippen molar-refractivity contribution in [2.75, 3.05) is 0 Å². The van der Waals surface area contributed by atoms with Gasteiger partial charge in [-0.25, -0.2) is 9.78 Å². The molecule has 0 aliphatic heterocycles. The summed E-state index contributed by atoms with van der Waals surface area (Å²) in [4.78, 5) is 19.5. The third-order valence-electron chi connectivity index (χ3n) is 2.32. The lowest BCUT2D eigenvalue weighted by Crippen LogP contribution is -2.24. The number of alkyl halides is 1. The number of H-pyrrole nitrogens is 1. The molecule has 18 heavy (non-hydrogen) atoms. The van der Waals surface area contributed by atoms with Crippen LogP contribution in [0.2, 0.25) is 0 Å². The molecule has 1 heterocycles. The zero-order valence-corrected chi connectivity index (χ0v) is 13.1. The van der Waals surface area contributed by atoms with E-state index in [2.05, 4.69) is 32.8 Å². The maximum atomic E-state index is 12.0. The van der Waals surface area contributed by atoms with Gasteiger partial charge in [-0.1, -0.05) is 29.3 Å². The molecule has 4 nitrogen and oxygen atoms in total. The molecule has 0 fully saturated rings. The van der Waals surface area contributed by atoms with E-state index in [4.69, 9.17) is 4.74 Å². The van der Waals surface area contributed by atoms with Gasteiger partial charge in [0.25, 0.3) is 0 Å². The van der Waals surface area contributed by atoms with Crippen LogP contribution in [-0.2, 0) is 16.5 Å². The highest BCUT2D eigenvalue weighted by molar-refractivity contribution is 9.08. The van der Waals surface area contributed by atoms with Gasteiger partial charge < -0.3 is 9.72 Å². The Kier molecular flexibility index (Phi) is 5.38. The van der Waals surface area contributed by atoms with E-state index in [1.807, 2.05) is 20.8 Å². The number of halogens is 1. The Morgan fingerprint density at radius 3 is 2.61 bits per heavy atom. The quantitative estimate of drug-likeness (QED) is 0.667. The number of carbonyl (C=O) groups excluding carboxylic acids is 1. The molecule has 0 saturated carbocycles. The van der Waals surface area contributed by atoms with Crippen molar-refractivity contribution >= 4 is 21.9 Å². The third-order valence-corrected chi connectivity index (χ3v) is 2.88. The van der Waals surface area contributed by atoms with Gasteiger partial charge in [-0.05, 0) is 27.2 Å². The molecule has 0 radical (unpaired) electrons. The van der Waals surface area contributed by atoms with Crippen molar-refractivity contribution in [1.82, 2.24) is 9.97 Å². The molecule has 0 amide bonds. The van der Waals surface area contributed by atoms with E-state index in [1.165, 1.54) is 0 Å². The normalized spacial score (nSPS) is 11.6. The van der Waals surface area contributed by atoms with Crippen molar-refractivity contribution in [1.29, 1.82) is 0 Å². The van der Waals surface area contributed by atoms with Gasteiger partial charge in [-0.15, -0.1) is 0 Å². The number of esters is 1. The summed E-state index contributed by atoms with van der Waals surface area (Å²) in [5.74, 6) is 0.489. The largest absolute Gasteiger partial charge is 0.455 e. The molecule has 0 aliphatic rings. The fraction of sp³-hybridized carbons (Fsp3) is 0.692. The summed E-state index contributed by atoms with van der Waals surface area (Å²) in [6, 6.07) is 0. The van der Waals surface area contributed by atoms with Gasteiger partial charge in [0.05, 0.1) is 5.69 Å². The van der Waals surface area contributed by atoms with Crippen LogP contribution in [0.4, 0.5) is 0 Å². The number of nitrogens with zero attached hydrogens (tertiary/aromatic N) is 1.